The SMILES string of the molecule is COc1cc(Br)c(C(O)C(O)CNC(=O)OCC2c3ccccc3-c3ccccc32)cc1OC. The van der Waals surface area contributed by atoms with Crippen LogP contribution < -0.4 is 14.8 Å². The number of carbonyl (C=O) groups is 1. The lowest BCUT2D eigenvalue weighted by molar-refractivity contribution is 0.0180. The smallest absolute Gasteiger partial charge is 0.407 e. The Labute approximate surface area is 206 Å². The molecule has 3 N–H and O–H groups in total. The number of rotatable bonds is 8. The molecule has 0 aliphatic heterocycles. The van der Waals surface area contributed by atoms with Gasteiger partial charge in [-0.2, -0.15) is 0 Å². The van der Waals surface area contributed by atoms with Gasteiger partial charge in [-0.05, 0) is 34.4 Å². The van der Waals surface area contributed by atoms with Crippen LogP contribution in [0.3, 0.4) is 0 Å². The highest BCUT2D eigenvalue weighted by molar-refractivity contribution is 9.10. The molecule has 0 radical (unpaired) electrons. The molecule has 1 aliphatic carbocycles. The van der Waals surface area contributed by atoms with Crippen LogP contribution in [-0.2, 0) is 4.74 Å². The lowest BCUT2D eigenvalue weighted by Gasteiger charge is -2.21. The van der Waals surface area contributed by atoms with E-state index < -0.39 is 18.3 Å². The predicted octanol–water partition coefficient (Wildman–Crippen LogP) is 4.40. The van der Waals surface area contributed by atoms with Crippen molar-refractivity contribution in [2.45, 2.75) is 18.1 Å². The number of alkyl carbamates (subject to hydrolysis) is 1. The number of benzene rings is 3. The molecule has 0 aromatic heterocycles. The number of hydrogen-bond acceptors (Lipinski definition) is 6. The van der Waals surface area contributed by atoms with Crippen molar-refractivity contribution in [2.75, 3.05) is 27.4 Å². The first-order valence-electron chi connectivity index (χ1n) is 10.8. The van der Waals surface area contributed by atoms with Gasteiger partial charge in [-0.25, -0.2) is 4.79 Å². The summed E-state index contributed by atoms with van der Waals surface area (Å²) in [6.07, 6.45) is -3.21. The van der Waals surface area contributed by atoms with Crippen molar-refractivity contribution in [1.82, 2.24) is 5.32 Å². The number of hydrogen-bond donors (Lipinski definition) is 3. The van der Waals surface area contributed by atoms with Crippen LogP contribution in [0.1, 0.15) is 28.7 Å². The fourth-order valence-corrected chi connectivity index (χ4v) is 4.81. The molecule has 1 aliphatic rings. The molecule has 0 saturated carbocycles. The Morgan fingerprint density at radius 2 is 1.53 bits per heavy atom. The molecule has 2 atom stereocenters. The Kier molecular flexibility index (Phi) is 7.41. The van der Waals surface area contributed by atoms with Gasteiger partial charge in [0.15, 0.2) is 11.5 Å². The molecule has 8 heteroatoms. The van der Waals surface area contributed by atoms with E-state index in [9.17, 15) is 15.0 Å². The zero-order valence-corrected chi connectivity index (χ0v) is 20.4. The minimum absolute atomic E-state index is 0.0589. The Morgan fingerprint density at radius 3 is 2.12 bits per heavy atom. The molecule has 0 saturated heterocycles. The summed E-state index contributed by atoms with van der Waals surface area (Å²) >= 11 is 3.37. The summed E-state index contributed by atoms with van der Waals surface area (Å²) in [5, 5.41) is 23.6. The molecule has 1 amide bonds. The summed E-state index contributed by atoms with van der Waals surface area (Å²) in [5.41, 5.74) is 4.92. The van der Waals surface area contributed by atoms with E-state index in [-0.39, 0.29) is 19.1 Å². The second-order valence-electron chi connectivity index (χ2n) is 7.95. The maximum Gasteiger partial charge on any atom is 0.407 e. The highest BCUT2D eigenvalue weighted by Gasteiger charge is 2.29. The predicted molar refractivity (Wildman–Crippen MR) is 131 cm³/mol. The Balaban J connectivity index is 1.36. The molecule has 0 bridgehead atoms. The number of aliphatic hydroxyl groups excluding tert-OH is 2. The summed E-state index contributed by atoms with van der Waals surface area (Å²) in [6, 6.07) is 19.4. The van der Waals surface area contributed by atoms with E-state index in [2.05, 4.69) is 33.4 Å². The van der Waals surface area contributed by atoms with Crippen LogP contribution in [0.4, 0.5) is 4.79 Å². The van der Waals surface area contributed by atoms with Crippen molar-refractivity contribution in [3.05, 3.63) is 81.8 Å². The van der Waals surface area contributed by atoms with Gasteiger partial charge in [0.2, 0.25) is 0 Å². The maximum absolute atomic E-state index is 12.4. The van der Waals surface area contributed by atoms with Gasteiger partial charge < -0.3 is 29.7 Å². The lowest BCUT2D eigenvalue weighted by Crippen LogP contribution is -2.36. The number of carbonyl (C=O) groups excluding carboxylic acids is 1. The van der Waals surface area contributed by atoms with E-state index in [1.807, 2.05) is 36.4 Å². The third-order valence-corrected chi connectivity index (χ3v) is 6.67. The molecule has 4 rings (SSSR count). The minimum atomic E-state index is -1.27. The van der Waals surface area contributed by atoms with Gasteiger partial charge in [0, 0.05) is 22.5 Å². The van der Waals surface area contributed by atoms with Crippen molar-refractivity contribution in [1.29, 1.82) is 0 Å². The zero-order valence-electron chi connectivity index (χ0n) is 18.8. The average molecular weight is 528 g/mol. The first-order chi connectivity index (χ1) is 16.4. The quantitative estimate of drug-likeness (QED) is 0.401. The second-order valence-corrected chi connectivity index (χ2v) is 8.80. The van der Waals surface area contributed by atoms with E-state index in [0.29, 0.717) is 21.5 Å². The van der Waals surface area contributed by atoms with E-state index in [1.54, 1.807) is 12.1 Å². The lowest BCUT2D eigenvalue weighted by atomic mass is 9.98. The first kappa shape index (κ1) is 24.1. The van der Waals surface area contributed by atoms with Crippen molar-refractivity contribution in [3.63, 3.8) is 0 Å². The monoisotopic (exact) mass is 527 g/mol. The van der Waals surface area contributed by atoms with Crippen molar-refractivity contribution >= 4 is 22.0 Å². The van der Waals surface area contributed by atoms with Gasteiger partial charge in [-0.1, -0.05) is 64.5 Å². The first-order valence-corrected chi connectivity index (χ1v) is 11.6. The number of fused-ring (bicyclic) bond motifs is 3. The average Bonchev–Trinajstić information content (AvgIpc) is 3.19. The number of ether oxygens (including phenoxy) is 3. The van der Waals surface area contributed by atoms with E-state index in [0.717, 1.165) is 22.3 Å². The van der Waals surface area contributed by atoms with Crippen LogP contribution in [0.2, 0.25) is 0 Å². The molecular formula is C26H26BrNO6. The molecular weight excluding hydrogens is 502 g/mol. The fraction of sp³-hybridized carbons (Fsp3) is 0.269. The molecule has 3 aromatic carbocycles. The summed E-state index contributed by atoms with van der Waals surface area (Å²) in [7, 11) is 2.99. The van der Waals surface area contributed by atoms with Crippen LogP contribution in [0.15, 0.2) is 65.1 Å². The van der Waals surface area contributed by atoms with Crippen LogP contribution in [0.25, 0.3) is 11.1 Å². The van der Waals surface area contributed by atoms with Gasteiger partial charge >= 0.3 is 6.09 Å². The van der Waals surface area contributed by atoms with Gasteiger partial charge in [0.25, 0.3) is 0 Å². The van der Waals surface area contributed by atoms with Crippen molar-refractivity contribution < 1.29 is 29.2 Å². The standard InChI is InChI=1S/C26H26BrNO6/c1-32-23-11-19(21(27)12-24(23)33-2)25(30)22(29)13-28-26(31)34-14-20-17-9-5-3-7-15(17)16-8-4-6-10-18(16)20/h3-12,20,22,25,29-30H,13-14H2,1-2H3,(H,28,31). The van der Waals surface area contributed by atoms with Crippen molar-refractivity contribution in [2.24, 2.45) is 0 Å². The maximum atomic E-state index is 12.4. The number of methoxy groups -OCH3 is 2. The Bertz CT molecular complexity index is 1140. The van der Waals surface area contributed by atoms with Gasteiger partial charge in [-0.15, -0.1) is 0 Å². The summed E-state index contributed by atoms with van der Waals surface area (Å²) in [4.78, 5) is 12.4. The molecule has 0 spiro atoms. The zero-order chi connectivity index (χ0) is 24.2. The summed E-state index contributed by atoms with van der Waals surface area (Å²) in [5.74, 6) is 0.837. The molecule has 0 heterocycles. The fourth-order valence-electron chi connectivity index (χ4n) is 4.25. The van der Waals surface area contributed by atoms with Gasteiger partial charge in [0.05, 0.1) is 14.2 Å². The summed E-state index contributed by atoms with van der Waals surface area (Å²) in [6.45, 7) is -0.0294. The van der Waals surface area contributed by atoms with Crippen LogP contribution in [-0.4, -0.2) is 49.8 Å². The molecule has 34 heavy (non-hydrogen) atoms. The molecule has 2 unspecified atom stereocenters. The van der Waals surface area contributed by atoms with Crippen LogP contribution >= 0.6 is 15.9 Å². The number of aliphatic hydroxyl groups is 2. The van der Waals surface area contributed by atoms with Gasteiger partial charge in [0.1, 0.15) is 18.8 Å². The largest absolute Gasteiger partial charge is 0.493 e. The van der Waals surface area contributed by atoms with Crippen molar-refractivity contribution in [3.8, 4) is 22.6 Å². The normalized spacial score (nSPS) is 14.0. The topological polar surface area (TPSA) is 97.2 Å². The number of amides is 1. The number of nitrogens with one attached hydrogen (secondary N) is 1. The highest BCUT2D eigenvalue weighted by atomic mass is 79.9. The molecule has 3 aromatic rings. The second kappa shape index (κ2) is 10.5. The summed E-state index contributed by atoms with van der Waals surface area (Å²) < 4.78 is 16.5. The third-order valence-electron chi connectivity index (χ3n) is 5.99. The molecule has 7 nitrogen and oxygen atoms in total. The van der Waals surface area contributed by atoms with E-state index >= 15 is 0 Å². The number of halogens is 1. The third kappa shape index (κ3) is 4.75. The van der Waals surface area contributed by atoms with Gasteiger partial charge in [-0.3, -0.25) is 0 Å². The molecule has 0 fully saturated rings. The highest BCUT2D eigenvalue weighted by Crippen LogP contribution is 2.44. The van der Waals surface area contributed by atoms with E-state index in [1.165, 1.54) is 14.2 Å². The van der Waals surface area contributed by atoms with E-state index in [4.69, 9.17) is 14.2 Å². The van der Waals surface area contributed by atoms with Crippen LogP contribution in [0, 0.1) is 0 Å². The van der Waals surface area contributed by atoms with Crippen LogP contribution in [0.5, 0.6) is 11.5 Å². The molecule has 178 valence electrons. The minimum Gasteiger partial charge on any atom is -0.493 e. The Hall–Kier alpha value is -3.07. The Morgan fingerprint density at radius 1 is 0.971 bits per heavy atom.